The number of nitrogens with zero attached hydrogens (tertiary/aromatic N) is 3. The fourth-order valence-electron chi connectivity index (χ4n) is 8.93. The average Bonchev–Trinajstić information content (AvgIpc) is 3.80. The van der Waals surface area contributed by atoms with E-state index in [9.17, 15) is 24.3 Å². The molecule has 1 amide bonds. The number of ether oxygens (including phenoxy) is 5. The number of thiophene rings is 1. The normalized spacial score (nSPS) is 35.8. The summed E-state index contributed by atoms with van der Waals surface area (Å²) in [5.74, 6) is -4.78. The lowest BCUT2D eigenvalue weighted by atomic mass is 9.75. The highest BCUT2D eigenvalue weighted by Crippen LogP contribution is 2.39. The highest BCUT2D eigenvalue weighted by molar-refractivity contribution is 7.15. The van der Waals surface area contributed by atoms with Crippen molar-refractivity contribution in [2.45, 2.75) is 141 Å². The zero-order valence-corrected chi connectivity index (χ0v) is 36.0. The Morgan fingerprint density at radius 2 is 1.75 bits per heavy atom. The van der Waals surface area contributed by atoms with Crippen molar-refractivity contribution in [1.82, 2.24) is 14.8 Å². The van der Waals surface area contributed by atoms with E-state index in [4.69, 9.17) is 23.7 Å². The third kappa shape index (κ3) is 9.96. The second-order valence-corrected chi connectivity index (χ2v) is 17.9. The van der Waals surface area contributed by atoms with Crippen LogP contribution in [0.5, 0.6) is 0 Å². The number of rotatable bonds is 11. The second kappa shape index (κ2) is 19.2. The molecule has 3 aliphatic heterocycles. The standard InChI is InChI=1S/C43H63N3O10S/c1-11-32-38-34(46(42(51)55-38)20-13-12-16-30-17-18-33(57-30)29-15-14-19-44-23-29)26(4)35(47)24(2)22-43(7,52-10)39(27(5)36(48)28(6)40(50)54-32)56-41-37(49)31(45(8)9)21-25(3)53-41/h14-15,17-19,23-28,31-32,34,37-39,41,49H,11-13,16,20-22H2,1-10H3/t24-,25-,26-,27+,28-,31+,32-,34-,37-,38-,39-,41+,43-/m1/s1. The molecule has 0 saturated carbocycles. The molecule has 2 aromatic rings. The molecule has 0 bridgehead atoms. The summed E-state index contributed by atoms with van der Waals surface area (Å²) in [6, 6.07) is 7.18. The first kappa shape index (κ1) is 44.8. The van der Waals surface area contributed by atoms with Gasteiger partial charge < -0.3 is 38.6 Å². The van der Waals surface area contributed by atoms with Gasteiger partial charge in [0.1, 0.15) is 23.9 Å². The summed E-state index contributed by atoms with van der Waals surface area (Å²) in [6.45, 7) is 12.7. The molecular formula is C43H63N3O10S. The van der Waals surface area contributed by atoms with Gasteiger partial charge in [-0.05, 0) is 91.6 Å². The lowest BCUT2D eigenvalue weighted by Gasteiger charge is -2.47. The first-order chi connectivity index (χ1) is 27.0. The number of hydrogen-bond donors (Lipinski definition) is 1. The van der Waals surface area contributed by atoms with Crippen LogP contribution >= 0.6 is 11.3 Å². The number of carbonyl (C=O) groups is 4. The molecule has 5 rings (SSSR count). The summed E-state index contributed by atoms with van der Waals surface area (Å²) in [5, 5.41) is 11.4. The van der Waals surface area contributed by atoms with Crippen molar-refractivity contribution in [2.75, 3.05) is 27.7 Å². The van der Waals surface area contributed by atoms with Crippen molar-refractivity contribution >= 4 is 35.0 Å². The predicted octanol–water partition coefficient (Wildman–Crippen LogP) is 5.95. The molecule has 13 atom stereocenters. The fraction of sp³-hybridized carbons (Fsp3) is 0.698. The van der Waals surface area contributed by atoms with Crippen LogP contribution < -0.4 is 0 Å². The summed E-state index contributed by atoms with van der Waals surface area (Å²) >= 11 is 1.72. The number of likely N-dealkylation sites (N-methyl/N-ethyl adjacent to an activating group) is 1. The van der Waals surface area contributed by atoms with E-state index in [-0.39, 0.29) is 24.3 Å². The van der Waals surface area contributed by atoms with Gasteiger partial charge in [-0.15, -0.1) is 11.3 Å². The monoisotopic (exact) mass is 813 g/mol. The van der Waals surface area contributed by atoms with Gasteiger partial charge in [-0.3, -0.25) is 19.4 Å². The van der Waals surface area contributed by atoms with Gasteiger partial charge in [0.25, 0.3) is 0 Å². The van der Waals surface area contributed by atoms with Crippen LogP contribution in [-0.2, 0) is 44.5 Å². The molecule has 57 heavy (non-hydrogen) atoms. The van der Waals surface area contributed by atoms with Gasteiger partial charge >= 0.3 is 12.1 Å². The Morgan fingerprint density at radius 3 is 2.40 bits per heavy atom. The summed E-state index contributed by atoms with van der Waals surface area (Å²) < 4.78 is 30.9. The van der Waals surface area contributed by atoms with Crippen LogP contribution in [0.25, 0.3) is 10.4 Å². The molecular weight excluding hydrogens is 751 g/mol. The van der Waals surface area contributed by atoms with E-state index in [1.54, 1.807) is 43.2 Å². The van der Waals surface area contributed by atoms with Gasteiger partial charge in [0.2, 0.25) is 0 Å². The van der Waals surface area contributed by atoms with Gasteiger partial charge in [0, 0.05) is 65.2 Å². The second-order valence-electron chi connectivity index (χ2n) is 16.7. The van der Waals surface area contributed by atoms with Crippen LogP contribution in [0.4, 0.5) is 4.79 Å². The SMILES string of the molecule is CC[C@H]1OC(=O)[C@H](C)C(=O)[C@H](C)[C@@H](O[C@@H]2O[C@H](C)C[C@H](N(C)C)[C@H]2O)[C@](C)(OC)C[C@@H](C)C(=O)[C@H](C)[C@@H]2[C@@H]1OC(=O)N2CCCCc1ccc(-c2cccnc2)s1. The van der Waals surface area contributed by atoms with Gasteiger partial charge in [-0.1, -0.05) is 33.8 Å². The maximum Gasteiger partial charge on any atom is 0.410 e. The number of unbranched alkanes of at least 4 members (excludes halogenated alkanes) is 1. The molecule has 2 aromatic heterocycles. The molecule has 3 aliphatic rings. The van der Waals surface area contributed by atoms with Crippen molar-refractivity contribution in [2.24, 2.45) is 23.7 Å². The maximum atomic E-state index is 14.6. The summed E-state index contributed by atoms with van der Waals surface area (Å²) in [5.41, 5.74) is -0.180. The van der Waals surface area contributed by atoms with E-state index >= 15 is 0 Å². The maximum absolute atomic E-state index is 14.6. The molecule has 14 heteroatoms. The van der Waals surface area contributed by atoms with Crippen molar-refractivity contribution in [3.8, 4) is 10.4 Å². The molecule has 0 spiro atoms. The van der Waals surface area contributed by atoms with Crippen LogP contribution in [0, 0.1) is 23.7 Å². The summed E-state index contributed by atoms with van der Waals surface area (Å²) in [6.07, 6.45) is 1.12. The number of aliphatic hydroxyl groups is 1. The van der Waals surface area contributed by atoms with Gasteiger partial charge in [-0.25, -0.2) is 4.79 Å². The van der Waals surface area contributed by atoms with Gasteiger partial charge in [0.15, 0.2) is 18.2 Å². The number of aliphatic hydroxyl groups excluding tert-OH is 1. The van der Waals surface area contributed by atoms with E-state index in [2.05, 4.69) is 17.1 Å². The number of ketones is 2. The van der Waals surface area contributed by atoms with E-state index in [0.717, 1.165) is 23.3 Å². The molecule has 13 nitrogen and oxygen atoms in total. The Morgan fingerprint density at radius 1 is 1.02 bits per heavy atom. The fourth-order valence-corrected chi connectivity index (χ4v) is 9.97. The first-order valence-corrected chi connectivity index (χ1v) is 21.3. The highest BCUT2D eigenvalue weighted by atomic mass is 32.1. The quantitative estimate of drug-likeness (QED) is 0.162. The number of aryl methyl sites for hydroxylation is 1. The number of pyridine rings is 1. The molecule has 1 N–H and O–H groups in total. The van der Waals surface area contributed by atoms with Gasteiger partial charge in [-0.2, -0.15) is 0 Å². The minimum absolute atomic E-state index is 0.127. The van der Waals surface area contributed by atoms with Gasteiger partial charge in [0.05, 0.1) is 23.9 Å². The number of cyclic esters (lactones) is 1. The Kier molecular flexibility index (Phi) is 15.1. The molecule has 316 valence electrons. The van der Waals surface area contributed by atoms with Crippen molar-refractivity contribution in [3.63, 3.8) is 0 Å². The lowest BCUT2D eigenvalue weighted by molar-refractivity contribution is -0.295. The first-order valence-electron chi connectivity index (χ1n) is 20.5. The smallest absolute Gasteiger partial charge is 0.410 e. The number of amides is 1. The summed E-state index contributed by atoms with van der Waals surface area (Å²) in [7, 11) is 5.25. The number of esters is 1. The summed E-state index contributed by atoms with van der Waals surface area (Å²) in [4.78, 5) is 66.4. The Hall–Kier alpha value is -3.27. The largest absolute Gasteiger partial charge is 0.458 e. The van der Waals surface area contributed by atoms with Crippen LogP contribution in [-0.4, -0.2) is 126 Å². The van der Waals surface area contributed by atoms with E-state index in [1.807, 2.05) is 58.1 Å². The third-order valence-electron chi connectivity index (χ3n) is 12.4. The number of hydrogen-bond acceptors (Lipinski definition) is 13. The third-order valence-corrected chi connectivity index (χ3v) is 13.5. The molecule has 0 aliphatic carbocycles. The van der Waals surface area contributed by atoms with Crippen LogP contribution in [0.2, 0.25) is 0 Å². The number of carbonyl (C=O) groups excluding carboxylic acids is 4. The number of methoxy groups -OCH3 is 1. The molecule has 0 unspecified atom stereocenters. The minimum atomic E-state index is -1.25. The Bertz CT molecular complexity index is 1690. The molecule has 0 aromatic carbocycles. The van der Waals surface area contributed by atoms with E-state index in [1.165, 1.54) is 18.9 Å². The van der Waals surface area contributed by atoms with Crippen molar-refractivity contribution in [3.05, 3.63) is 41.5 Å². The van der Waals surface area contributed by atoms with E-state index < -0.39 is 83.9 Å². The minimum Gasteiger partial charge on any atom is -0.458 e. The molecule has 3 fully saturated rings. The topological polar surface area (TPSA) is 154 Å². The number of aromatic nitrogens is 1. The predicted molar refractivity (Wildman–Crippen MR) is 215 cm³/mol. The van der Waals surface area contributed by atoms with Crippen LogP contribution in [0.15, 0.2) is 36.7 Å². The lowest BCUT2D eigenvalue weighted by Crippen LogP contribution is -2.59. The number of fused-ring (bicyclic) bond motifs is 1. The molecule has 5 heterocycles. The van der Waals surface area contributed by atoms with Crippen molar-refractivity contribution < 1.29 is 48.0 Å². The van der Waals surface area contributed by atoms with Crippen LogP contribution in [0.3, 0.4) is 0 Å². The zero-order valence-electron chi connectivity index (χ0n) is 35.2. The molecule has 0 radical (unpaired) electrons. The van der Waals surface area contributed by atoms with E-state index in [0.29, 0.717) is 25.8 Å². The van der Waals surface area contributed by atoms with Crippen molar-refractivity contribution in [1.29, 1.82) is 0 Å². The zero-order chi connectivity index (χ0) is 41.8. The Labute approximate surface area is 341 Å². The Balaban J connectivity index is 1.40. The molecule has 3 saturated heterocycles. The number of Topliss-reactive ketones (excluding diaryl/α,β-unsaturated/α-hetero) is 2. The highest BCUT2D eigenvalue weighted by Gasteiger charge is 2.54. The van der Waals surface area contributed by atoms with Crippen LogP contribution in [0.1, 0.15) is 85.4 Å². The average molecular weight is 814 g/mol.